The van der Waals surface area contributed by atoms with E-state index in [1.807, 2.05) is 6.07 Å². The van der Waals surface area contributed by atoms with Crippen LogP contribution in [0.2, 0.25) is 0 Å². The van der Waals surface area contributed by atoms with Gasteiger partial charge in [0.2, 0.25) is 0 Å². The van der Waals surface area contributed by atoms with Gasteiger partial charge in [-0.05, 0) is 18.4 Å². The van der Waals surface area contributed by atoms with Crippen LogP contribution in [-0.2, 0) is 0 Å². The maximum absolute atomic E-state index is 8.85. The molecular formula is C12H18N4. The van der Waals surface area contributed by atoms with Crippen molar-refractivity contribution in [3.63, 3.8) is 0 Å². The molecule has 0 saturated carbocycles. The Balaban J connectivity index is 2.95. The van der Waals surface area contributed by atoms with Crippen LogP contribution in [0.1, 0.15) is 33.3 Å². The predicted molar refractivity (Wildman–Crippen MR) is 65.9 cm³/mol. The van der Waals surface area contributed by atoms with Crippen molar-refractivity contribution in [1.29, 1.82) is 5.26 Å². The Morgan fingerprint density at radius 3 is 2.62 bits per heavy atom. The molecule has 1 aromatic heterocycles. The molecule has 1 atom stereocenters. The first-order valence-electron chi connectivity index (χ1n) is 5.27. The molecule has 0 bridgehead atoms. The molecule has 16 heavy (non-hydrogen) atoms. The third kappa shape index (κ3) is 2.63. The molecule has 0 aromatic carbocycles. The number of pyridine rings is 1. The molecular weight excluding hydrogens is 200 g/mol. The van der Waals surface area contributed by atoms with Gasteiger partial charge in [-0.2, -0.15) is 5.26 Å². The average Bonchev–Trinajstić information content (AvgIpc) is 2.19. The third-order valence-electron chi connectivity index (χ3n) is 2.76. The van der Waals surface area contributed by atoms with Gasteiger partial charge in [-0.25, -0.2) is 4.98 Å². The number of nitrogens with zero attached hydrogens (tertiary/aromatic N) is 2. The van der Waals surface area contributed by atoms with E-state index < -0.39 is 0 Å². The molecule has 4 heteroatoms. The summed E-state index contributed by atoms with van der Waals surface area (Å²) in [6, 6.07) is 3.87. The predicted octanol–water partition coefficient (Wildman–Crippen LogP) is 2.38. The highest BCUT2D eigenvalue weighted by Crippen LogP contribution is 2.25. The second kappa shape index (κ2) is 4.40. The lowest BCUT2D eigenvalue weighted by molar-refractivity contribution is 0.359. The summed E-state index contributed by atoms with van der Waals surface area (Å²) in [7, 11) is 0. The Bertz CT molecular complexity index is 412. The average molecular weight is 218 g/mol. The van der Waals surface area contributed by atoms with Gasteiger partial charge in [0.05, 0.1) is 11.3 Å². The van der Waals surface area contributed by atoms with Crippen LogP contribution in [0.3, 0.4) is 0 Å². The molecule has 1 aromatic rings. The number of nitriles is 1. The summed E-state index contributed by atoms with van der Waals surface area (Å²) in [4.78, 5) is 4.15. The molecule has 0 aliphatic rings. The Kier molecular flexibility index (Phi) is 3.38. The number of anilines is 2. The van der Waals surface area contributed by atoms with Gasteiger partial charge in [0.1, 0.15) is 6.07 Å². The molecule has 86 valence electrons. The van der Waals surface area contributed by atoms with E-state index in [-0.39, 0.29) is 11.5 Å². The molecule has 4 nitrogen and oxygen atoms in total. The van der Waals surface area contributed by atoms with Crippen molar-refractivity contribution in [3.8, 4) is 6.07 Å². The van der Waals surface area contributed by atoms with Crippen molar-refractivity contribution >= 4 is 11.5 Å². The molecule has 0 spiro atoms. The van der Waals surface area contributed by atoms with Crippen LogP contribution in [0, 0.1) is 16.7 Å². The smallest absolute Gasteiger partial charge is 0.150 e. The van der Waals surface area contributed by atoms with Crippen LogP contribution >= 0.6 is 0 Å². The van der Waals surface area contributed by atoms with Crippen molar-refractivity contribution in [2.75, 3.05) is 11.1 Å². The van der Waals surface area contributed by atoms with Crippen molar-refractivity contribution < 1.29 is 0 Å². The highest BCUT2D eigenvalue weighted by Gasteiger charge is 2.21. The zero-order valence-electron chi connectivity index (χ0n) is 10.2. The van der Waals surface area contributed by atoms with Crippen LogP contribution in [0.15, 0.2) is 12.3 Å². The Labute approximate surface area is 96.5 Å². The molecule has 0 aliphatic carbocycles. The highest BCUT2D eigenvalue weighted by molar-refractivity contribution is 5.69. The third-order valence-corrected chi connectivity index (χ3v) is 2.76. The molecule has 1 rings (SSSR count). The zero-order chi connectivity index (χ0) is 12.3. The maximum atomic E-state index is 8.85. The molecule has 3 N–H and O–H groups in total. The van der Waals surface area contributed by atoms with Crippen LogP contribution in [0.5, 0.6) is 0 Å². The summed E-state index contributed by atoms with van der Waals surface area (Å²) in [5, 5.41) is 12.1. The summed E-state index contributed by atoms with van der Waals surface area (Å²) in [6.45, 7) is 8.47. The molecule has 1 unspecified atom stereocenters. The lowest BCUT2D eigenvalue weighted by Gasteiger charge is -2.29. The first kappa shape index (κ1) is 12.3. The molecule has 1 heterocycles. The highest BCUT2D eigenvalue weighted by atomic mass is 15.0. The molecule has 0 amide bonds. The van der Waals surface area contributed by atoms with Crippen LogP contribution < -0.4 is 11.1 Å². The van der Waals surface area contributed by atoms with Gasteiger partial charge in [0.25, 0.3) is 0 Å². The monoisotopic (exact) mass is 218 g/mol. The fourth-order valence-corrected chi connectivity index (χ4v) is 1.11. The van der Waals surface area contributed by atoms with E-state index in [9.17, 15) is 0 Å². The topological polar surface area (TPSA) is 74.7 Å². The van der Waals surface area contributed by atoms with Gasteiger partial charge in [0.15, 0.2) is 5.82 Å². The normalized spacial score (nSPS) is 12.9. The largest absolute Gasteiger partial charge is 0.395 e. The van der Waals surface area contributed by atoms with E-state index in [1.165, 1.54) is 0 Å². The van der Waals surface area contributed by atoms with Crippen molar-refractivity contribution in [2.24, 2.45) is 5.41 Å². The van der Waals surface area contributed by atoms with E-state index in [1.54, 1.807) is 12.3 Å². The maximum Gasteiger partial charge on any atom is 0.150 e. The lowest BCUT2D eigenvalue weighted by atomic mass is 9.88. The molecule has 0 aliphatic heterocycles. The Morgan fingerprint density at radius 2 is 2.12 bits per heavy atom. The molecule has 0 saturated heterocycles. The van der Waals surface area contributed by atoms with E-state index in [0.29, 0.717) is 17.1 Å². The van der Waals surface area contributed by atoms with Gasteiger partial charge >= 0.3 is 0 Å². The number of rotatable bonds is 2. The van der Waals surface area contributed by atoms with E-state index in [0.717, 1.165) is 0 Å². The first-order valence-corrected chi connectivity index (χ1v) is 5.27. The summed E-state index contributed by atoms with van der Waals surface area (Å²) < 4.78 is 0. The number of hydrogen-bond acceptors (Lipinski definition) is 4. The SMILES string of the molecule is CC(Nc1nccc(C#N)c1N)C(C)(C)C. The number of aromatic nitrogens is 1. The van der Waals surface area contributed by atoms with Crippen molar-refractivity contribution in [2.45, 2.75) is 33.7 Å². The summed E-state index contributed by atoms with van der Waals surface area (Å²) in [5.74, 6) is 0.585. The minimum Gasteiger partial charge on any atom is -0.395 e. The zero-order valence-corrected chi connectivity index (χ0v) is 10.2. The fourth-order valence-electron chi connectivity index (χ4n) is 1.11. The van der Waals surface area contributed by atoms with Crippen LogP contribution in [0.25, 0.3) is 0 Å². The lowest BCUT2D eigenvalue weighted by Crippen LogP contribution is -2.31. The summed E-state index contributed by atoms with van der Waals surface area (Å²) >= 11 is 0. The van der Waals surface area contributed by atoms with Crippen LogP contribution in [-0.4, -0.2) is 11.0 Å². The second-order valence-electron chi connectivity index (χ2n) is 4.96. The minimum absolute atomic E-state index is 0.108. The van der Waals surface area contributed by atoms with Gasteiger partial charge in [-0.3, -0.25) is 0 Å². The van der Waals surface area contributed by atoms with E-state index in [4.69, 9.17) is 11.0 Å². The fraction of sp³-hybridized carbons (Fsp3) is 0.500. The van der Waals surface area contributed by atoms with Gasteiger partial charge < -0.3 is 11.1 Å². The van der Waals surface area contributed by atoms with E-state index in [2.05, 4.69) is 38.0 Å². The molecule has 0 fully saturated rings. The molecule has 0 radical (unpaired) electrons. The number of nitrogens with one attached hydrogen (secondary N) is 1. The first-order chi connectivity index (χ1) is 7.36. The summed E-state index contributed by atoms with van der Waals surface area (Å²) in [5.41, 5.74) is 6.82. The van der Waals surface area contributed by atoms with Gasteiger partial charge in [-0.1, -0.05) is 20.8 Å². The van der Waals surface area contributed by atoms with Gasteiger partial charge in [-0.15, -0.1) is 0 Å². The van der Waals surface area contributed by atoms with Gasteiger partial charge in [0, 0.05) is 12.2 Å². The minimum atomic E-state index is 0.108. The second-order valence-corrected chi connectivity index (χ2v) is 4.96. The Morgan fingerprint density at radius 1 is 1.50 bits per heavy atom. The Hall–Kier alpha value is -1.76. The number of nitrogen functional groups attached to an aromatic ring is 1. The summed E-state index contributed by atoms with van der Waals surface area (Å²) in [6.07, 6.45) is 1.59. The standard InChI is InChI=1S/C12H18N4/c1-8(12(2,3)4)16-11-10(14)9(7-13)5-6-15-11/h5-6,8H,14H2,1-4H3,(H,15,16). The number of nitrogens with two attached hydrogens (primary N) is 1. The quantitative estimate of drug-likeness (QED) is 0.799. The van der Waals surface area contributed by atoms with Crippen molar-refractivity contribution in [3.05, 3.63) is 17.8 Å². The van der Waals surface area contributed by atoms with E-state index >= 15 is 0 Å². The van der Waals surface area contributed by atoms with Crippen molar-refractivity contribution in [1.82, 2.24) is 4.98 Å². The van der Waals surface area contributed by atoms with Crippen LogP contribution in [0.4, 0.5) is 11.5 Å². The number of hydrogen-bond donors (Lipinski definition) is 2.